The zero-order valence-electron chi connectivity index (χ0n) is 9.78. The Labute approximate surface area is 106 Å². The minimum Gasteiger partial charge on any atom is -0.507 e. The second-order valence-corrected chi connectivity index (χ2v) is 3.96. The molecule has 1 fully saturated rings. The highest BCUT2D eigenvalue weighted by atomic mass is 19.1. The summed E-state index contributed by atoms with van der Waals surface area (Å²) in [4.78, 5) is 33.7. The van der Waals surface area contributed by atoms with Crippen LogP contribution in [0.5, 0.6) is 5.75 Å². The van der Waals surface area contributed by atoms with E-state index >= 15 is 0 Å². The van der Waals surface area contributed by atoms with Crippen LogP contribution in [0.1, 0.15) is 11.1 Å². The van der Waals surface area contributed by atoms with Crippen LogP contribution >= 0.6 is 0 Å². The lowest BCUT2D eigenvalue weighted by Gasteiger charge is -2.14. The number of phenolic OH excluding ortho intramolecular Hbond substituents is 1. The zero-order valence-corrected chi connectivity index (χ0v) is 9.78. The number of barbiturate groups is 1. The van der Waals surface area contributed by atoms with Crippen LogP contribution in [-0.4, -0.2) is 23.0 Å². The number of aromatic hydroxyl groups is 1. The van der Waals surface area contributed by atoms with Gasteiger partial charge in [-0.3, -0.25) is 20.2 Å². The van der Waals surface area contributed by atoms with Crippen LogP contribution in [0.2, 0.25) is 0 Å². The Morgan fingerprint density at radius 2 is 1.74 bits per heavy atom. The molecule has 0 aliphatic carbocycles. The molecule has 0 bridgehead atoms. The molecule has 1 aliphatic heterocycles. The van der Waals surface area contributed by atoms with Crippen molar-refractivity contribution in [3.05, 3.63) is 34.6 Å². The molecule has 0 radical (unpaired) electrons. The summed E-state index contributed by atoms with van der Waals surface area (Å²) in [6, 6.07) is 1.24. The second kappa shape index (κ2) is 4.52. The fourth-order valence-corrected chi connectivity index (χ4v) is 1.56. The topological polar surface area (TPSA) is 95.5 Å². The van der Waals surface area contributed by atoms with Crippen LogP contribution in [0.25, 0.3) is 6.08 Å². The maximum atomic E-state index is 13.4. The molecule has 2 rings (SSSR count). The van der Waals surface area contributed by atoms with Crippen molar-refractivity contribution in [3.63, 3.8) is 0 Å². The van der Waals surface area contributed by atoms with Gasteiger partial charge < -0.3 is 5.11 Å². The molecule has 4 amide bonds. The molecule has 0 aromatic heterocycles. The SMILES string of the molecule is Cc1cc(O)c(C=C2C(=O)NC(=O)NC2=O)cc1F. The maximum absolute atomic E-state index is 13.4. The summed E-state index contributed by atoms with van der Waals surface area (Å²) in [6.45, 7) is 1.46. The van der Waals surface area contributed by atoms with Gasteiger partial charge in [0.05, 0.1) is 0 Å². The van der Waals surface area contributed by atoms with Crippen molar-refractivity contribution in [2.75, 3.05) is 0 Å². The number of amides is 4. The number of hydrogen-bond acceptors (Lipinski definition) is 4. The first-order valence-electron chi connectivity index (χ1n) is 5.26. The molecule has 7 heteroatoms. The third-order valence-corrected chi connectivity index (χ3v) is 2.55. The summed E-state index contributed by atoms with van der Waals surface area (Å²) in [5, 5.41) is 13.4. The van der Waals surface area contributed by atoms with E-state index in [-0.39, 0.29) is 16.9 Å². The third kappa shape index (κ3) is 2.44. The van der Waals surface area contributed by atoms with Gasteiger partial charge in [0, 0.05) is 5.56 Å². The van der Waals surface area contributed by atoms with Gasteiger partial charge in [0.25, 0.3) is 11.8 Å². The van der Waals surface area contributed by atoms with Crippen LogP contribution in [-0.2, 0) is 9.59 Å². The van der Waals surface area contributed by atoms with E-state index in [0.29, 0.717) is 0 Å². The number of aryl methyl sites for hydroxylation is 1. The molecule has 0 unspecified atom stereocenters. The lowest BCUT2D eigenvalue weighted by Crippen LogP contribution is -2.51. The van der Waals surface area contributed by atoms with E-state index in [2.05, 4.69) is 0 Å². The summed E-state index contributed by atoms with van der Waals surface area (Å²) in [5.74, 6) is -2.68. The second-order valence-electron chi connectivity index (χ2n) is 3.96. The Morgan fingerprint density at radius 3 is 2.32 bits per heavy atom. The average molecular weight is 264 g/mol. The number of nitrogens with one attached hydrogen (secondary N) is 2. The van der Waals surface area contributed by atoms with E-state index in [4.69, 9.17) is 0 Å². The molecule has 0 spiro atoms. The van der Waals surface area contributed by atoms with Crippen LogP contribution in [0, 0.1) is 12.7 Å². The van der Waals surface area contributed by atoms with Crippen molar-refractivity contribution >= 4 is 23.9 Å². The predicted octanol–water partition coefficient (Wildman–Crippen LogP) is 0.589. The van der Waals surface area contributed by atoms with E-state index < -0.39 is 29.2 Å². The number of urea groups is 1. The molecular weight excluding hydrogens is 255 g/mol. The zero-order chi connectivity index (χ0) is 14.2. The summed E-state index contributed by atoms with van der Waals surface area (Å²) in [7, 11) is 0. The van der Waals surface area contributed by atoms with Crippen molar-refractivity contribution in [1.82, 2.24) is 10.6 Å². The molecule has 3 N–H and O–H groups in total. The number of rotatable bonds is 1. The van der Waals surface area contributed by atoms with Gasteiger partial charge >= 0.3 is 6.03 Å². The molecular formula is C12H9FN2O4. The Balaban J connectivity index is 2.46. The number of halogens is 1. The van der Waals surface area contributed by atoms with E-state index in [1.165, 1.54) is 13.0 Å². The lowest BCUT2D eigenvalue weighted by atomic mass is 10.1. The molecule has 0 saturated carbocycles. The van der Waals surface area contributed by atoms with Gasteiger partial charge in [0.1, 0.15) is 17.1 Å². The number of phenols is 1. The highest BCUT2D eigenvalue weighted by Gasteiger charge is 2.28. The number of imide groups is 2. The average Bonchev–Trinajstić information content (AvgIpc) is 2.29. The van der Waals surface area contributed by atoms with Gasteiger partial charge in [-0.25, -0.2) is 9.18 Å². The van der Waals surface area contributed by atoms with Crippen molar-refractivity contribution in [3.8, 4) is 5.75 Å². The first-order chi connectivity index (χ1) is 8.88. The van der Waals surface area contributed by atoms with Gasteiger partial charge in [-0.05, 0) is 30.7 Å². The number of carbonyl (C=O) groups is 3. The monoisotopic (exact) mass is 264 g/mol. The van der Waals surface area contributed by atoms with Crippen molar-refractivity contribution in [2.24, 2.45) is 0 Å². The van der Waals surface area contributed by atoms with E-state index in [1.807, 2.05) is 10.6 Å². The summed E-state index contributed by atoms with van der Waals surface area (Å²) in [5.41, 5.74) is -0.191. The highest BCUT2D eigenvalue weighted by Crippen LogP contribution is 2.24. The lowest BCUT2D eigenvalue weighted by molar-refractivity contribution is -0.123. The first-order valence-corrected chi connectivity index (χ1v) is 5.26. The van der Waals surface area contributed by atoms with Crippen LogP contribution in [0.15, 0.2) is 17.7 Å². The van der Waals surface area contributed by atoms with Gasteiger partial charge in [0.2, 0.25) is 0 Å². The van der Waals surface area contributed by atoms with Crippen molar-refractivity contribution in [2.45, 2.75) is 6.92 Å². The molecule has 6 nitrogen and oxygen atoms in total. The minimum atomic E-state index is -0.925. The predicted molar refractivity (Wildman–Crippen MR) is 62.5 cm³/mol. The summed E-state index contributed by atoms with van der Waals surface area (Å²) >= 11 is 0. The van der Waals surface area contributed by atoms with Gasteiger partial charge in [-0.15, -0.1) is 0 Å². The molecule has 1 saturated heterocycles. The van der Waals surface area contributed by atoms with Gasteiger partial charge in [-0.1, -0.05) is 0 Å². The minimum absolute atomic E-state index is 0.0299. The Kier molecular flexibility index (Phi) is 3.04. The molecule has 19 heavy (non-hydrogen) atoms. The maximum Gasteiger partial charge on any atom is 0.328 e. The third-order valence-electron chi connectivity index (χ3n) is 2.55. The van der Waals surface area contributed by atoms with E-state index in [9.17, 15) is 23.9 Å². The molecule has 1 aromatic rings. The van der Waals surface area contributed by atoms with Crippen LogP contribution < -0.4 is 10.6 Å². The number of benzene rings is 1. The van der Waals surface area contributed by atoms with Gasteiger partial charge in [0.15, 0.2) is 0 Å². The Hall–Kier alpha value is -2.70. The van der Waals surface area contributed by atoms with Crippen molar-refractivity contribution in [1.29, 1.82) is 0 Å². The molecule has 1 aliphatic rings. The van der Waals surface area contributed by atoms with Crippen molar-refractivity contribution < 1.29 is 23.9 Å². The van der Waals surface area contributed by atoms with Gasteiger partial charge in [-0.2, -0.15) is 0 Å². The quantitative estimate of drug-likeness (QED) is 0.511. The van der Waals surface area contributed by atoms with E-state index in [1.54, 1.807) is 0 Å². The normalized spacial score (nSPS) is 15.1. The Morgan fingerprint density at radius 1 is 1.16 bits per heavy atom. The smallest absolute Gasteiger partial charge is 0.328 e. The summed E-state index contributed by atoms with van der Waals surface area (Å²) < 4.78 is 13.4. The first kappa shape index (κ1) is 12.7. The highest BCUT2D eigenvalue weighted by molar-refractivity contribution is 6.31. The number of carbonyl (C=O) groups excluding carboxylic acids is 3. The summed E-state index contributed by atoms with van der Waals surface area (Å²) in [6.07, 6.45) is 1.01. The fraction of sp³-hybridized carbons (Fsp3) is 0.0833. The standard InChI is InChI=1S/C12H9FN2O4/c1-5-2-9(16)6(4-8(5)13)3-7-10(17)14-12(19)15-11(7)18/h2-4,16H,1H3,(H2,14,15,17,18,19). The number of hydrogen-bond donors (Lipinski definition) is 3. The van der Waals surface area contributed by atoms with E-state index in [0.717, 1.165) is 12.1 Å². The molecule has 1 aromatic carbocycles. The molecule has 0 atom stereocenters. The molecule has 1 heterocycles. The largest absolute Gasteiger partial charge is 0.507 e. The van der Waals surface area contributed by atoms with Crippen LogP contribution in [0.3, 0.4) is 0 Å². The fourth-order valence-electron chi connectivity index (χ4n) is 1.56. The Bertz CT molecular complexity index is 615. The molecule has 98 valence electrons. The van der Waals surface area contributed by atoms with Crippen LogP contribution in [0.4, 0.5) is 9.18 Å².